The summed E-state index contributed by atoms with van der Waals surface area (Å²) < 4.78 is 35.1. The third-order valence-corrected chi connectivity index (χ3v) is 3.31. The van der Waals surface area contributed by atoms with E-state index in [1.165, 1.54) is 0 Å². The fourth-order valence-corrected chi connectivity index (χ4v) is 2.13. The van der Waals surface area contributed by atoms with Crippen molar-refractivity contribution in [1.82, 2.24) is 0 Å². The van der Waals surface area contributed by atoms with E-state index in [4.69, 9.17) is 0 Å². The van der Waals surface area contributed by atoms with Gasteiger partial charge in [0, 0.05) is 8.07 Å². The molecule has 68 valence electrons. The maximum Gasteiger partial charge on any atom is 0.478 e. The monoisotopic (exact) mass is 183 g/mol. The molecule has 0 aromatic heterocycles. The van der Waals surface area contributed by atoms with Crippen molar-refractivity contribution in [3.8, 4) is 0 Å². The van der Waals surface area contributed by atoms with E-state index >= 15 is 0 Å². The first-order valence-corrected chi connectivity index (χ1v) is 7.62. The molecule has 0 nitrogen and oxygen atoms in total. The van der Waals surface area contributed by atoms with E-state index < -0.39 is 21.4 Å². The summed E-state index contributed by atoms with van der Waals surface area (Å²) >= 11 is 0. The molecule has 0 bridgehead atoms. The van der Waals surface area contributed by atoms with E-state index in [2.05, 4.69) is 19.6 Å². The highest BCUT2D eigenvalue weighted by molar-refractivity contribution is 6.76. The molecule has 11 heavy (non-hydrogen) atoms. The van der Waals surface area contributed by atoms with E-state index in [1.54, 1.807) is 0 Å². The van der Waals surface area contributed by atoms with Crippen LogP contribution in [0.5, 0.6) is 0 Å². The van der Waals surface area contributed by atoms with Crippen molar-refractivity contribution in [2.45, 2.75) is 38.4 Å². The van der Waals surface area contributed by atoms with Gasteiger partial charge in [-0.25, -0.2) is 0 Å². The molecule has 0 aliphatic heterocycles. The molecular formula is C6H15BF3Si-. The van der Waals surface area contributed by atoms with Gasteiger partial charge < -0.3 is 12.9 Å². The van der Waals surface area contributed by atoms with Crippen LogP contribution in [-0.2, 0) is 0 Å². The van der Waals surface area contributed by atoms with E-state index in [0.29, 0.717) is 6.42 Å². The molecule has 0 aliphatic rings. The van der Waals surface area contributed by atoms with Crippen molar-refractivity contribution in [2.75, 3.05) is 0 Å². The lowest BCUT2D eigenvalue weighted by Gasteiger charge is -2.18. The first-order chi connectivity index (χ1) is 4.71. The van der Waals surface area contributed by atoms with Gasteiger partial charge in [-0.05, 0) is 0 Å². The minimum absolute atomic E-state index is 0.333. The second-order valence-corrected chi connectivity index (χ2v) is 9.78. The zero-order valence-corrected chi connectivity index (χ0v) is 8.33. The second kappa shape index (κ2) is 3.65. The Balaban J connectivity index is 3.44. The van der Waals surface area contributed by atoms with Gasteiger partial charge in [0.1, 0.15) is 0 Å². The Morgan fingerprint density at radius 1 is 1.09 bits per heavy atom. The quantitative estimate of drug-likeness (QED) is 0.584. The molecule has 0 unspecified atom stereocenters. The van der Waals surface area contributed by atoms with Crippen molar-refractivity contribution in [3.05, 3.63) is 0 Å². The summed E-state index contributed by atoms with van der Waals surface area (Å²) in [4.78, 5) is 0. The molecule has 0 spiro atoms. The average molecular weight is 183 g/mol. The number of hydrogen-bond acceptors (Lipinski definition) is 0. The summed E-state index contributed by atoms with van der Waals surface area (Å²) in [5.74, 6) is 0. The third-order valence-electron chi connectivity index (χ3n) is 1.46. The third kappa shape index (κ3) is 10.1. The van der Waals surface area contributed by atoms with Gasteiger partial charge in [-0.15, -0.1) is 0 Å². The molecule has 0 atom stereocenters. The lowest BCUT2D eigenvalue weighted by molar-refractivity contribution is 0.466. The van der Waals surface area contributed by atoms with Gasteiger partial charge >= 0.3 is 6.98 Å². The molecule has 5 heteroatoms. The van der Waals surface area contributed by atoms with Gasteiger partial charge in [0.25, 0.3) is 0 Å². The first kappa shape index (κ1) is 11.1. The van der Waals surface area contributed by atoms with Crippen LogP contribution in [0.4, 0.5) is 12.9 Å². The highest BCUT2D eigenvalue weighted by Gasteiger charge is 2.23. The molecular weight excluding hydrogens is 168 g/mol. The molecule has 0 saturated carbocycles. The summed E-state index contributed by atoms with van der Waals surface area (Å²) in [6.45, 7) is 1.75. The van der Waals surface area contributed by atoms with Gasteiger partial charge in [-0.3, -0.25) is 0 Å². The van der Waals surface area contributed by atoms with Crippen LogP contribution in [0, 0.1) is 0 Å². The van der Waals surface area contributed by atoms with E-state index in [9.17, 15) is 12.9 Å². The van der Waals surface area contributed by atoms with Crippen molar-refractivity contribution in [2.24, 2.45) is 0 Å². The lowest BCUT2D eigenvalue weighted by Crippen LogP contribution is -2.21. The normalized spacial score (nSPS) is 13.6. The fourth-order valence-electron chi connectivity index (χ4n) is 0.864. The minimum Gasteiger partial charge on any atom is -0.449 e. The predicted molar refractivity (Wildman–Crippen MR) is 46.7 cm³/mol. The summed E-state index contributed by atoms with van der Waals surface area (Å²) in [5.41, 5.74) is 0. The van der Waals surface area contributed by atoms with Crippen LogP contribution in [0.3, 0.4) is 0 Å². The maximum atomic E-state index is 11.7. The first-order valence-electron chi connectivity index (χ1n) is 3.92. The summed E-state index contributed by atoms with van der Waals surface area (Å²) in [6.07, 6.45) is -0.219. The second-order valence-electron chi connectivity index (χ2n) is 4.16. The van der Waals surface area contributed by atoms with E-state index in [0.717, 1.165) is 6.04 Å². The zero-order chi connectivity index (χ0) is 9.12. The standard InChI is InChI=1S/C6H15BF3Si/c1-11(2,3)6-4-5-7(8,9)10/h4-6H2,1-3H3/q-1. The molecule has 0 aromatic carbocycles. The minimum atomic E-state index is -4.53. The smallest absolute Gasteiger partial charge is 0.449 e. The molecule has 0 heterocycles. The van der Waals surface area contributed by atoms with Crippen LogP contribution < -0.4 is 0 Å². The van der Waals surface area contributed by atoms with E-state index in [-0.39, 0.29) is 0 Å². The number of hydrogen-bond donors (Lipinski definition) is 0. The Morgan fingerprint density at radius 3 is 1.82 bits per heavy atom. The Hall–Kier alpha value is 0.0718. The van der Waals surface area contributed by atoms with Gasteiger partial charge in [-0.1, -0.05) is 38.4 Å². The molecule has 0 saturated heterocycles. The van der Waals surface area contributed by atoms with Crippen LogP contribution in [0.2, 0.25) is 32.0 Å². The molecule has 0 amide bonds. The summed E-state index contributed by atoms with van der Waals surface area (Å²) in [7, 11) is -1.25. The predicted octanol–water partition coefficient (Wildman–Crippen LogP) is 3.56. The molecule has 0 aromatic rings. The topological polar surface area (TPSA) is 0 Å². The Bertz CT molecular complexity index is 102. The van der Waals surface area contributed by atoms with Crippen LogP contribution in [0.15, 0.2) is 0 Å². The molecule has 0 rings (SSSR count). The van der Waals surface area contributed by atoms with Crippen LogP contribution in [-0.4, -0.2) is 15.1 Å². The summed E-state index contributed by atoms with van der Waals surface area (Å²) in [5, 5.41) is 0. The average Bonchev–Trinajstić information content (AvgIpc) is 1.55. The lowest BCUT2D eigenvalue weighted by atomic mass is 9.85. The Kier molecular flexibility index (Phi) is 3.67. The van der Waals surface area contributed by atoms with Crippen molar-refractivity contribution in [3.63, 3.8) is 0 Å². The largest absolute Gasteiger partial charge is 0.478 e. The SMILES string of the molecule is C[Si](C)(C)CCC[B-](F)(F)F. The van der Waals surface area contributed by atoms with Crippen LogP contribution in [0.25, 0.3) is 0 Å². The van der Waals surface area contributed by atoms with Gasteiger partial charge in [0.05, 0.1) is 0 Å². The van der Waals surface area contributed by atoms with Gasteiger partial charge in [-0.2, -0.15) is 0 Å². The van der Waals surface area contributed by atoms with Gasteiger partial charge in [0.15, 0.2) is 0 Å². The fraction of sp³-hybridized carbons (Fsp3) is 1.00. The molecule has 0 N–H and O–H groups in total. The van der Waals surface area contributed by atoms with Crippen LogP contribution >= 0.6 is 0 Å². The Labute approximate surface area is 67.2 Å². The molecule has 0 radical (unpaired) electrons. The van der Waals surface area contributed by atoms with Gasteiger partial charge in [0.2, 0.25) is 0 Å². The highest BCUT2D eigenvalue weighted by atomic mass is 28.3. The number of halogens is 3. The van der Waals surface area contributed by atoms with Crippen LogP contribution in [0.1, 0.15) is 6.42 Å². The van der Waals surface area contributed by atoms with Crippen molar-refractivity contribution < 1.29 is 12.9 Å². The molecule has 0 aliphatic carbocycles. The maximum absolute atomic E-state index is 11.7. The summed E-state index contributed by atoms with van der Waals surface area (Å²) in [6, 6.07) is 0.786. The highest BCUT2D eigenvalue weighted by Crippen LogP contribution is 2.21. The zero-order valence-electron chi connectivity index (χ0n) is 7.33. The van der Waals surface area contributed by atoms with E-state index in [1.807, 2.05) is 0 Å². The van der Waals surface area contributed by atoms with Crippen molar-refractivity contribution >= 4 is 15.1 Å². The number of rotatable bonds is 4. The van der Waals surface area contributed by atoms with Crippen molar-refractivity contribution in [1.29, 1.82) is 0 Å². The Morgan fingerprint density at radius 2 is 1.55 bits per heavy atom. The molecule has 0 fully saturated rings.